The molecule has 1 aromatic rings. The molecular weight excluding hydrogens is 350 g/mol. The van der Waals surface area contributed by atoms with Crippen molar-refractivity contribution >= 4 is 6.03 Å². The standard InChI is InChI=1S/C22H37N5O/c1-18(2)21(26-13-11-25(3)12-14-26)17-24-22(28)27-9-6-19(7-10-27)15-20-5-4-8-23-16-20/h4-5,8,16,18-19,21H,6-7,9-15,17H2,1-3H3,(H,24,28). The number of pyridine rings is 1. The fourth-order valence-electron chi connectivity index (χ4n) is 4.44. The lowest BCUT2D eigenvalue weighted by molar-refractivity contribution is 0.0868. The summed E-state index contributed by atoms with van der Waals surface area (Å²) in [5, 5.41) is 3.23. The Bertz CT molecular complexity index is 592. The van der Waals surface area contributed by atoms with E-state index in [-0.39, 0.29) is 6.03 Å². The quantitative estimate of drug-likeness (QED) is 0.814. The third-order valence-corrected chi connectivity index (χ3v) is 6.39. The van der Waals surface area contributed by atoms with E-state index in [1.165, 1.54) is 5.56 Å². The molecule has 3 heterocycles. The molecule has 0 bridgehead atoms. The highest BCUT2D eigenvalue weighted by molar-refractivity contribution is 5.74. The highest BCUT2D eigenvalue weighted by Crippen LogP contribution is 2.21. The molecule has 2 aliphatic heterocycles. The molecule has 6 heteroatoms. The first-order valence-electron chi connectivity index (χ1n) is 10.9. The average molecular weight is 388 g/mol. The Labute approximate surface area is 170 Å². The van der Waals surface area contributed by atoms with Crippen LogP contribution in [0.1, 0.15) is 32.3 Å². The van der Waals surface area contributed by atoms with Crippen LogP contribution in [0.5, 0.6) is 0 Å². The number of amides is 2. The molecule has 6 nitrogen and oxygen atoms in total. The van der Waals surface area contributed by atoms with Gasteiger partial charge in [-0.1, -0.05) is 19.9 Å². The summed E-state index contributed by atoms with van der Waals surface area (Å²) < 4.78 is 0. The number of nitrogens with zero attached hydrogens (tertiary/aromatic N) is 4. The Morgan fingerprint density at radius 3 is 2.50 bits per heavy atom. The van der Waals surface area contributed by atoms with Crippen molar-refractivity contribution in [2.75, 3.05) is 52.9 Å². The fraction of sp³-hybridized carbons (Fsp3) is 0.727. The molecule has 0 aliphatic carbocycles. The van der Waals surface area contributed by atoms with Gasteiger partial charge in [0.2, 0.25) is 0 Å². The van der Waals surface area contributed by atoms with Gasteiger partial charge in [0.15, 0.2) is 0 Å². The SMILES string of the molecule is CC(C)C(CNC(=O)N1CCC(Cc2cccnc2)CC1)N1CCN(C)CC1. The van der Waals surface area contributed by atoms with Crippen LogP contribution in [-0.4, -0.2) is 84.6 Å². The zero-order valence-electron chi connectivity index (χ0n) is 17.8. The van der Waals surface area contributed by atoms with Crippen LogP contribution >= 0.6 is 0 Å². The van der Waals surface area contributed by atoms with Crippen LogP contribution in [0.4, 0.5) is 4.79 Å². The Morgan fingerprint density at radius 2 is 1.89 bits per heavy atom. The van der Waals surface area contributed by atoms with Gasteiger partial charge in [0.05, 0.1) is 0 Å². The minimum atomic E-state index is 0.111. The lowest BCUT2D eigenvalue weighted by atomic mass is 9.91. The first kappa shape index (κ1) is 21.1. The molecule has 2 aliphatic rings. The van der Waals surface area contributed by atoms with Crippen molar-refractivity contribution in [3.63, 3.8) is 0 Å². The van der Waals surface area contributed by atoms with Crippen LogP contribution in [-0.2, 0) is 6.42 Å². The topological polar surface area (TPSA) is 51.7 Å². The second-order valence-corrected chi connectivity index (χ2v) is 8.83. The van der Waals surface area contributed by atoms with E-state index in [2.05, 4.69) is 47.1 Å². The van der Waals surface area contributed by atoms with Gasteiger partial charge in [0.25, 0.3) is 0 Å². The normalized spacial score (nSPS) is 21.1. The van der Waals surface area contributed by atoms with E-state index in [1.54, 1.807) is 0 Å². The van der Waals surface area contributed by atoms with E-state index in [1.807, 2.05) is 23.4 Å². The monoisotopic (exact) mass is 387 g/mol. The number of carbonyl (C=O) groups is 1. The molecular formula is C22H37N5O. The highest BCUT2D eigenvalue weighted by Gasteiger charge is 2.27. The van der Waals surface area contributed by atoms with Crippen LogP contribution in [0.3, 0.4) is 0 Å². The molecule has 2 fully saturated rings. The second kappa shape index (κ2) is 10.2. The Hall–Kier alpha value is -1.66. The summed E-state index contributed by atoms with van der Waals surface area (Å²) in [7, 11) is 2.18. The molecule has 1 atom stereocenters. The number of hydrogen-bond donors (Lipinski definition) is 1. The van der Waals surface area contributed by atoms with E-state index in [4.69, 9.17) is 0 Å². The van der Waals surface area contributed by atoms with Crippen molar-refractivity contribution in [1.29, 1.82) is 0 Å². The number of carbonyl (C=O) groups excluding carboxylic acids is 1. The number of aromatic nitrogens is 1. The summed E-state index contributed by atoms with van der Waals surface area (Å²) in [4.78, 5) is 23.8. The third kappa shape index (κ3) is 5.92. The molecule has 0 saturated carbocycles. The highest BCUT2D eigenvalue weighted by atomic mass is 16.2. The van der Waals surface area contributed by atoms with Gasteiger partial charge in [0, 0.05) is 64.2 Å². The maximum atomic E-state index is 12.7. The molecule has 3 rings (SSSR count). The molecule has 2 amide bonds. The van der Waals surface area contributed by atoms with Crippen molar-refractivity contribution in [2.45, 2.75) is 39.2 Å². The van der Waals surface area contributed by atoms with Crippen molar-refractivity contribution in [3.05, 3.63) is 30.1 Å². The first-order chi connectivity index (χ1) is 13.5. The van der Waals surface area contributed by atoms with Crippen molar-refractivity contribution in [1.82, 2.24) is 25.0 Å². The van der Waals surface area contributed by atoms with Crippen LogP contribution < -0.4 is 5.32 Å². The molecule has 2 saturated heterocycles. The van der Waals surface area contributed by atoms with Crippen LogP contribution in [0.2, 0.25) is 0 Å². The average Bonchev–Trinajstić information content (AvgIpc) is 2.70. The van der Waals surface area contributed by atoms with Crippen molar-refractivity contribution in [2.24, 2.45) is 11.8 Å². The van der Waals surface area contributed by atoms with Crippen LogP contribution in [0.25, 0.3) is 0 Å². The lowest BCUT2D eigenvalue weighted by Gasteiger charge is -2.40. The van der Waals surface area contributed by atoms with E-state index in [0.29, 0.717) is 17.9 Å². The number of piperazine rings is 1. The van der Waals surface area contributed by atoms with Gasteiger partial charge in [-0.15, -0.1) is 0 Å². The van der Waals surface area contributed by atoms with Crippen LogP contribution in [0.15, 0.2) is 24.5 Å². The number of nitrogens with one attached hydrogen (secondary N) is 1. The van der Waals surface area contributed by atoms with Crippen LogP contribution in [0, 0.1) is 11.8 Å². The predicted molar refractivity (Wildman–Crippen MR) is 113 cm³/mol. The maximum Gasteiger partial charge on any atom is 0.317 e. The number of rotatable bonds is 6. The Kier molecular flexibility index (Phi) is 7.68. The zero-order chi connectivity index (χ0) is 19.9. The maximum absolute atomic E-state index is 12.7. The predicted octanol–water partition coefficient (Wildman–Crippen LogP) is 2.32. The van der Waals surface area contributed by atoms with Gasteiger partial charge in [-0.2, -0.15) is 0 Å². The summed E-state index contributed by atoms with van der Waals surface area (Å²) in [6.07, 6.45) is 7.01. The first-order valence-corrected chi connectivity index (χ1v) is 10.9. The summed E-state index contributed by atoms with van der Waals surface area (Å²) in [6.45, 7) is 11.4. The third-order valence-electron chi connectivity index (χ3n) is 6.39. The lowest BCUT2D eigenvalue weighted by Crippen LogP contribution is -2.55. The smallest absolute Gasteiger partial charge is 0.317 e. The molecule has 0 spiro atoms. The van der Waals surface area contributed by atoms with Gasteiger partial charge in [-0.05, 0) is 49.8 Å². The second-order valence-electron chi connectivity index (χ2n) is 8.83. The summed E-state index contributed by atoms with van der Waals surface area (Å²) >= 11 is 0. The Balaban J connectivity index is 1.42. The van der Waals surface area contributed by atoms with Gasteiger partial charge in [-0.25, -0.2) is 4.79 Å². The Morgan fingerprint density at radius 1 is 1.18 bits per heavy atom. The summed E-state index contributed by atoms with van der Waals surface area (Å²) in [5.74, 6) is 1.19. The van der Waals surface area contributed by atoms with Gasteiger partial charge >= 0.3 is 6.03 Å². The minimum Gasteiger partial charge on any atom is -0.336 e. The van der Waals surface area contributed by atoms with E-state index in [9.17, 15) is 4.79 Å². The molecule has 1 aromatic heterocycles. The van der Waals surface area contributed by atoms with Gasteiger partial charge < -0.3 is 15.1 Å². The molecule has 156 valence electrons. The molecule has 1 unspecified atom stereocenters. The van der Waals surface area contributed by atoms with Crippen molar-refractivity contribution < 1.29 is 4.79 Å². The minimum absolute atomic E-state index is 0.111. The van der Waals surface area contributed by atoms with E-state index >= 15 is 0 Å². The van der Waals surface area contributed by atoms with Crippen molar-refractivity contribution in [3.8, 4) is 0 Å². The number of likely N-dealkylation sites (N-methyl/N-ethyl adjacent to an activating group) is 1. The number of likely N-dealkylation sites (tertiary alicyclic amines) is 1. The largest absolute Gasteiger partial charge is 0.336 e. The van der Waals surface area contributed by atoms with Gasteiger partial charge in [0.1, 0.15) is 0 Å². The van der Waals surface area contributed by atoms with Gasteiger partial charge in [-0.3, -0.25) is 9.88 Å². The van der Waals surface area contributed by atoms with E-state index < -0.39 is 0 Å². The molecule has 0 radical (unpaired) electrons. The number of piperidine rings is 1. The van der Waals surface area contributed by atoms with E-state index in [0.717, 1.165) is 65.1 Å². The molecule has 0 aromatic carbocycles. The summed E-state index contributed by atoms with van der Waals surface area (Å²) in [6, 6.07) is 4.68. The number of urea groups is 1. The number of hydrogen-bond acceptors (Lipinski definition) is 4. The zero-order valence-corrected chi connectivity index (χ0v) is 17.8. The molecule has 1 N–H and O–H groups in total. The summed E-state index contributed by atoms with van der Waals surface area (Å²) in [5.41, 5.74) is 1.30. The molecule has 28 heavy (non-hydrogen) atoms. The fourth-order valence-corrected chi connectivity index (χ4v) is 4.44.